The second-order valence-corrected chi connectivity index (χ2v) is 3.86. The molecule has 10 heavy (non-hydrogen) atoms. The van der Waals surface area contributed by atoms with Crippen molar-refractivity contribution >= 4 is 0 Å². The minimum atomic E-state index is -0.469. The largest absolute Gasteiger partial charge is 0.390 e. The van der Waals surface area contributed by atoms with E-state index in [2.05, 4.69) is 13.8 Å². The lowest BCUT2D eigenvalue weighted by Gasteiger charge is -2.18. The van der Waals surface area contributed by atoms with Gasteiger partial charge in [0.15, 0.2) is 0 Å². The van der Waals surface area contributed by atoms with Crippen molar-refractivity contribution in [1.29, 1.82) is 0 Å². The van der Waals surface area contributed by atoms with Crippen molar-refractivity contribution in [3.8, 4) is 0 Å². The third-order valence-electron chi connectivity index (χ3n) is 1.95. The van der Waals surface area contributed by atoms with E-state index in [0.29, 0.717) is 0 Å². The van der Waals surface area contributed by atoms with Gasteiger partial charge in [-0.25, -0.2) is 0 Å². The first-order chi connectivity index (χ1) is 4.45. The molecular weight excluding hydrogens is 124 g/mol. The first-order valence-electron chi connectivity index (χ1n) is 4.18. The summed E-state index contributed by atoms with van der Waals surface area (Å²) in [4.78, 5) is 0. The molecule has 1 atom stereocenters. The Labute approximate surface area is 64.5 Å². The average molecular weight is 144 g/mol. The Kier molecular flexibility index (Phi) is 3.95. The molecule has 0 aliphatic carbocycles. The second kappa shape index (κ2) is 3.97. The van der Waals surface area contributed by atoms with E-state index in [9.17, 15) is 5.11 Å². The van der Waals surface area contributed by atoms with Gasteiger partial charge in [-0.2, -0.15) is 0 Å². The molecule has 0 fully saturated rings. The maximum absolute atomic E-state index is 9.36. The highest BCUT2D eigenvalue weighted by Crippen LogP contribution is 2.17. The molecule has 1 N–H and O–H groups in total. The van der Waals surface area contributed by atoms with Crippen LogP contribution in [0.2, 0.25) is 0 Å². The van der Waals surface area contributed by atoms with Crippen LogP contribution in [0.25, 0.3) is 0 Å². The fourth-order valence-corrected chi connectivity index (χ4v) is 0.804. The van der Waals surface area contributed by atoms with Gasteiger partial charge >= 0.3 is 0 Å². The third-order valence-corrected chi connectivity index (χ3v) is 1.95. The SMILES string of the molecule is CCC(C)CCC(C)(C)O. The Morgan fingerprint density at radius 1 is 1.40 bits per heavy atom. The molecule has 0 bridgehead atoms. The summed E-state index contributed by atoms with van der Waals surface area (Å²) >= 11 is 0. The van der Waals surface area contributed by atoms with E-state index >= 15 is 0 Å². The molecule has 0 aliphatic heterocycles. The maximum Gasteiger partial charge on any atom is 0.0591 e. The predicted molar refractivity (Wildman–Crippen MR) is 45.0 cm³/mol. The van der Waals surface area contributed by atoms with Crippen molar-refractivity contribution in [3.63, 3.8) is 0 Å². The van der Waals surface area contributed by atoms with Crippen LogP contribution < -0.4 is 0 Å². The Bertz CT molecular complexity index is 81.2. The minimum absolute atomic E-state index is 0.469. The Balaban J connectivity index is 3.36. The van der Waals surface area contributed by atoms with Crippen LogP contribution in [0.3, 0.4) is 0 Å². The summed E-state index contributed by atoms with van der Waals surface area (Å²) in [6.07, 6.45) is 3.28. The molecule has 0 radical (unpaired) electrons. The van der Waals surface area contributed by atoms with E-state index < -0.39 is 5.60 Å². The van der Waals surface area contributed by atoms with E-state index in [4.69, 9.17) is 0 Å². The van der Waals surface area contributed by atoms with Gasteiger partial charge in [-0.15, -0.1) is 0 Å². The molecule has 1 nitrogen and oxygen atoms in total. The van der Waals surface area contributed by atoms with Crippen LogP contribution in [0, 0.1) is 5.92 Å². The summed E-state index contributed by atoms with van der Waals surface area (Å²) < 4.78 is 0. The van der Waals surface area contributed by atoms with Gasteiger partial charge in [0.2, 0.25) is 0 Å². The van der Waals surface area contributed by atoms with Crippen molar-refractivity contribution in [1.82, 2.24) is 0 Å². The summed E-state index contributed by atoms with van der Waals surface area (Å²) in [5, 5.41) is 9.36. The number of rotatable bonds is 4. The molecule has 1 heteroatoms. The highest BCUT2D eigenvalue weighted by Gasteiger charge is 2.12. The first-order valence-corrected chi connectivity index (χ1v) is 4.18. The van der Waals surface area contributed by atoms with Crippen LogP contribution in [0.15, 0.2) is 0 Å². The quantitative estimate of drug-likeness (QED) is 0.643. The second-order valence-electron chi connectivity index (χ2n) is 3.86. The molecule has 0 rings (SSSR count). The van der Waals surface area contributed by atoms with Gasteiger partial charge in [0.25, 0.3) is 0 Å². The average Bonchev–Trinajstić information content (AvgIpc) is 1.81. The van der Waals surface area contributed by atoms with Gasteiger partial charge in [-0.05, 0) is 32.6 Å². The topological polar surface area (TPSA) is 20.2 Å². The fourth-order valence-electron chi connectivity index (χ4n) is 0.804. The Hall–Kier alpha value is -0.0400. The van der Waals surface area contributed by atoms with E-state index in [1.807, 2.05) is 13.8 Å². The summed E-state index contributed by atoms with van der Waals surface area (Å²) in [5.41, 5.74) is -0.469. The predicted octanol–water partition coefficient (Wildman–Crippen LogP) is 2.58. The summed E-state index contributed by atoms with van der Waals surface area (Å²) in [6, 6.07) is 0. The summed E-state index contributed by atoms with van der Waals surface area (Å²) in [6.45, 7) is 8.16. The van der Waals surface area contributed by atoms with E-state index in [-0.39, 0.29) is 0 Å². The van der Waals surface area contributed by atoms with Crippen LogP contribution in [0.4, 0.5) is 0 Å². The van der Waals surface area contributed by atoms with Crippen molar-refractivity contribution in [2.24, 2.45) is 5.92 Å². The van der Waals surface area contributed by atoms with Gasteiger partial charge in [0, 0.05) is 0 Å². The zero-order valence-corrected chi connectivity index (χ0v) is 7.65. The van der Waals surface area contributed by atoms with Gasteiger partial charge in [-0.1, -0.05) is 20.3 Å². The van der Waals surface area contributed by atoms with Crippen LogP contribution in [0.1, 0.15) is 47.0 Å². The fraction of sp³-hybridized carbons (Fsp3) is 1.00. The molecule has 0 amide bonds. The molecule has 1 unspecified atom stereocenters. The normalized spacial score (nSPS) is 15.3. The van der Waals surface area contributed by atoms with Crippen LogP contribution in [0.5, 0.6) is 0 Å². The monoisotopic (exact) mass is 144 g/mol. The van der Waals surface area contributed by atoms with Crippen molar-refractivity contribution in [2.75, 3.05) is 0 Å². The molecule has 0 aromatic heterocycles. The zero-order valence-electron chi connectivity index (χ0n) is 7.65. The summed E-state index contributed by atoms with van der Waals surface area (Å²) in [5.74, 6) is 0.756. The van der Waals surface area contributed by atoms with E-state index in [1.165, 1.54) is 6.42 Å². The van der Waals surface area contributed by atoms with E-state index in [1.54, 1.807) is 0 Å². The minimum Gasteiger partial charge on any atom is -0.390 e. The summed E-state index contributed by atoms with van der Waals surface area (Å²) in [7, 11) is 0. The number of hydrogen-bond acceptors (Lipinski definition) is 1. The lowest BCUT2D eigenvalue weighted by Crippen LogP contribution is -2.19. The van der Waals surface area contributed by atoms with Crippen molar-refractivity contribution in [2.45, 2.75) is 52.6 Å². The van der Waals surface area contributed by atoms with Crippen LogP contribution in [-0.2, 0) is 0 Å². The Morgan fingerprint density at radius 3 is 2.20 bits per heavy atom. The molecule has 0 aliphatic rings. The molecule has 62 valence electrons. The van der Waals surface area contributed by atoms with Gasteiger partial charge in [0.1, 0.15) is 0 Å². The maximum atomic E-state index is 9.36. The van der Waals surface area contributed by atoms with Gasteiger partial charge in [-0.3, -0.25) is 0 Å². The third kappa shape index (κ3) is 6.09. The smallest absolute Gasteiger partial charge is 0.0591 e. The number of hydrogen-bond donors (Lipinski definition) is 1. The van der Waals surface area contributed by atoms with E-state index in [0.717, 1.165) is 18.8 Å². The van der Waals surface area contributed by atoms with Crippen LogP contribution in [-0.4, -0.2) is 10.7 Å². The van der Waals surface area contributed by atoms with Gasteiger partial charge < -0.3 is 5.11 Å². The highest BCUT2D eigenvalue weighted by atomic mass is 16.3. The van der Waals surface area contributed by atoms with Crippen LogP contribution >= 0.6 is 0 Å². The Morgan fingerprint density at radius 2 is 1.90 bits per heavy atom. The van der Waals surface area contributed by atoms with Crippen molar-refractivity contribution in [3.05, 3.63) is 0 Å². The highest BCUT2D eigenvalue weighted by molar-refractivity contribution is 4.66. The lowest BCUT2D eigenvalue weighted by atomic mass is 9.95. The zero-order chi connectivity index (χ0) is 8.20. The first kappa shape index (κ1) is 9.96. The molecule has 0 saturated carbocycles. The number of aliphatic hydroxyl groups is 1. The molecule has 0 saturated heterocycles. The molecule has 0 aromatic rings. The lowest BCUT2D eigenvalue weighted by molar-refractivity contribution is 0.0641. The standard InChI is InChI=1S/C9H20O/c1-5-8(2)6-7-9(3,4)10/h8,10H,5-7H2,1-4H3. The van der Waals surface area contributed by atoms with Crippen molar-refractivity contribution < 1.29 is 5.11 Å². The molecule has 0 aromatic carbocycles. The molecular formula is C9H20O. The molecule has 0 heterocycles. The molecule has 0 spiro atoms. The van der Waals surface area contributed by atoms with Gasteiger partial charge in [0.05, 0.1) is 5.60 Å².